The molecule has 0 aliphatic rings. The summed E-state index contributed by atoms with van der Waals surface area (Å²) in [6, 6.07) is 4.12. The highest BCUT2D eigenvalue weighted by atomic mass is 16.5. The molecule has 0 aromatic heterocycles. The summed E-state index contributed by atoms with van der Waals surface area (Å²) in [5.74, 6) is 0.0301. The maximum atomic E-state index is 11.7. The molecule has 2 amide bonds. The Morgan fingerprint density at radius 3 is 2.35 bits per heavy atom. The Bertz CT molecular complexity index is 545. The third-order valence-corrected chi connectivity index (χ3v) is 3.37. The SMILES string of the molecule is COc1ccc(CCNC(=O)NC(C(=O)O)C(C)C)cc1OC. The fourth-order valence-corrected chi connectivity index (χ4v) is 2.06. The highest BCUT2D eigenvalue weighted by Gasteiger charge is 2.23. The van der Waals surface area contributed by atoms with E-state index in [1.165, 1.54) is 0 Å². The van der Waals surface area contributed by atoms with E-state index in [-0.39, 0.29) is 5.92 Å². The van der Waals surface area contributed by atoms with Gasteiger partial charge >= 0.3 is 12.0 Å². The number of urea groups is 1. The van der Waals surface area contributed by atoms with Crippen molar-refractivity contribution in [2.75, 3.05) is 20.8 Å². The molecule has 0 aliphatic heterocycles. The second kappa shape index (κ2) is 8.87. The topological polar surface area (TPSA) is 96.9 Å². The molecule has 3 N–H and O–H groups in total. The van der Waals surface area contributed by atoms with E-state index in [9.17, 15) is 9.59 Å². The van der Waals surface area contributed by atoms with Crippen LogP contribution in [-0.2, 0) is 11.2 Å². The molecule has 0 fully saturated rings. The molecule has 7 heteroatoms. The van der Waals surface area contributed by atoms with Crippen LogP contribution in [0.1, 0.15) is 19.4 Å². The Kier molecular flexibility index (Phi) is 7.18. The number of nitrogens with one attached hydrogen (secondary N) is 2. The zero-order chi connectivity index (χ0) is 17.4. The van der Waals surface area contributed by atoms with Crippen LogP contribution in [0.25, 0.3) is 0 Å². The minimum Gasteiger partial charge on any atom is -0.493 e. The third kappa shape index (κ3) is 5.69. The van der Waals surface area contributed by atoms with Gasteiger partial charge < -0.3 is 25.2 Å². The van der Waals surface area contributed by atoms with Gasteiger partial charge in [0.2, 0.25) is 0 Å². The van der Waals surface area contributed by atoms with Crippen LogP contribution in [0, 0.1) is 5.92 Å². The monoisotopic (exact) mass is 324 g/mol. The molecule has 0 bridgehead atoms. The molecular formula is C16H24N2O5. The van der Waals surface area contributed by atoms with Crippen LogP contribution in [0.3, 0.4) is 0 Å². The van der Waals surface area contributed by atoms with E-state index in [0.29, 0.717) is 24.5 Å². The van der Waals surface area contributed by atoms with Crippen molar-refractivity contribution in [3.63, 3.8) is 0 Å². The van der Waals surface area contributed by atoms with Crippen molar-refractivity contribution in [1.29, 1.82) is 0 Å². The van der Waals surface area contributed by atoms with Gasteiger partial charge in [0, 0.05) is 6.54 Å². The average molecular weight is 324 g/mol. The van der Waals surface area contributed by atoms with E-state index in [0.717, 1.165) is 5.56 Å². The summed E-state index contributed by atoms with van der Waals surface area (Å²) in [6.07, 6.45) is 0.590. The molecule has 0 saturated heterocycles. The predicted molar refractivity (Wildman–Crippen MR) is 86.0 cm³/mol. The number of carboxylic acids is 1. The number of rotatable bonds is 8. The summed E-state index contributed by atoms with van der Waals surface area (Å²) >= 11 is 0. The number of carboxylic acid groups (broad SMARTS) is 1. The van der Waals surface area contributed by atoms with Gasteiger partial charge in [-0.15, -0.1) is 0 Å². The van der Waals surface area contributed by atoms with Gasteiger partial charge in [0.25, 0.3) is 0 Å². The van der Waals surface area contributed by atoms with Crippen LogP contribution < -0.4 is 20.1 Å². The molecule has 1 aromatic carbocycles. The highest BCUT2D eigenvalue weighted by molar-refractivity contribution is 5.82. The zero-order valence-electron chi connectivity index (χ0n) is 13.9. The maximum Gasteiger partial charge on any atom is 0.326 e. The fraction of sp³-hybridized carbons (Fsp3) is 0.500. The van der Waals surface area contributed by atoms with E-state index in [4.69, 9.17) is 14.6 Å². The fourth-order valence-electron chi connectivity index (χ4n) is 2.06. The van der Waals surface area contributed by atoms with Crippen LogP contribution in [0.4, 0.5) is 4.79 Å². The number of methoxy groups -OCH3 is 2. The number of hydrogen-bond donors (Lipinski definition) is 3. The van der Waals surface area contributed by atoms with Crippen molar-refractivity contribution in [2.45, 2.75) is 26.3 Å². The van der Waals surface area contributed by atoms with E-state index in [1.807, 2.05) is 12.1 Å². The molecule has 0 spiro atoms. The number of amides is 2. The van der Waals surface area contributed by atoms with Crippen molar-refractivity contribution in [2.24, 2.45) is 5.92 Å². The van der Waals surface area contributed by atoms with Gasteiger partial charge in [-0.2, -0.15) is 0 Å². The first-order valence-electron chi connectivity index (χ1n) is 7.37. The lowest BCUT2D eigenvalue weighted by atomic mass is 10.1. The number of hydrogen-bond acceptors (Lipinski definition) is 4. The lowest BCUT2D eigenvalue weighted by Crippen LogP contribution is -2.48. The average Bonchev–Trinajstić information content (AvgIpc) is 2.51. The van der Waals surface area contributed by atoms with Crippen molar-refractivity contribution in [3.8, 4) is 11.5 Å². The summed E-state index contributed by atoms with van der Waals surface area (Å²) in [5, 5.41) is 14.1. The Morgan fingerprint density at radius 1 is 1.17 bits per heavy atom. The smallest absolute Gasteiger partial charge is 0.326 e. The van der Waals surface area contributed by atoms with Crippen LogP contribution in [-0.4, -0.2) is 43.9 Å². The molecule has 1 atom stereocenters. The molecule has 7 nitrogen and oxygen atoms in total. The van der Waals surface area contributed by atoms with Crippen LogP contribution in [0.5, 0.6) is 11.5 Å². The van der Waals surface area contributed by atoms with Crippen molar-refractivity contribution in [3.05, 3.63) is 23.8 Å². The minimum atomic E-state index is -1.05. The molecule has 1 aromatic rings. The second-order valence-corrected chi connectivity index (χ2v) is 5.40. The normalized spacial score (nSPS) is 11.7. The Hall–Kier alpha value is -2.44. The standard InChI is InChI=1S/C16H24N2O5/c1-10(2)14(15(19)20)18-16(21)17-8-7-11-5-6-12(22-3)13(9-11)23-4/h5-6,9-10,14H,7-8H2,1-4H3,(H,19,20)(H2,17,18,21). The van der Waals surface area contributed by atoms with Crippen molar-refractivity contribution in [1.82, 2.24) is 10.6 Å². The lowest BCUT2D eigenvalue weighted by Gasteiger charge is -2.18. The van der Waals surface area contributed by atoms with Crippen LogP contribution in [0.15, 0.2) is 18.2 Å². The molecule has 128 valence electrons. The lowest BCUT2D eigenvalue weighted by molar-refractivity contribution is -0.140. The zero-order valence-corrected chi connectivity index (χ0v) is 13.9. The van der Waals surface area contributed by atoms with Gasteiger partial charge in [0.15, 0.2) is 11.5 Å². The van der Waals surface area contributed by atoms with Gasteiger partial charge in [-0.3, -0.25) is 0 Å². The number of carbonyl (C=O) groups excluding carboxylic acids is 1. The molecule has 0 heterocycles. The molecular weight excluding hydrogens is 300 g/mol. The largest absolute Gasteiger partial charge is 0.493 e. The van der Waals surface area contributed by atoms with Crippen LogP contribution >= 0.6 is 0 Å². The van der Waals surface area contributed by atoms with E-state index in [1.54, 1.807) is 34.1 Å². The Morgan fingerprint density at radius 2 is 1.83 bits per heavy atom. The molecule has 0 saturated carbocycles. The summed E-state index contributed by atoms with van der Waals surface area (Å²) in [5.41, 5.74) is 0.974. The molecule has 23 heavy (non-hydrogen) atoms. The minimum absolute atomic E-state index is 0.191. The number of aliphatic carboxylic acids is 1. The number of benzene rings is 1. The highest BCUT2D eigenvalue weighted by Crippen LogP contribution is 2.27. The predicted octanol–water partition coefficient (Wildman–Crippen LogP) is 1.65. The molecule has 1 rings (SSSR count). The van der Waals surface area contributed by atoms with Gasteiger partial charge in [-0.1, -0.05) is 19.9 Å². The first-order chi connectivity index (χ1) is 10.9. The Balaban J connectivity index is 2.50. The van der Waals surface area contributed by atoms with E-state index >= 15 is 0 Å². The molecule has 0 radical (unpaired) electrons. The quantitative estimate of drug-likeness (QED) is 0.675. The van der Waals surface area contributed by atoms with E-state index in [2.05, 4.69) is 10.6 Å². The van der Waals surface area contributed by atoms with E-state index < -0.39 is 18.0 Å². The van der Waals surface area contributed by atoms with Gasteiger partial charge in [-0.05, 0) is 30.0 Å². The van der Waals surface area contributed by atoms with Gasteiger partial charge in [0.05, 0.1) is 14.2 Å². The summed E-state index contributed by atoms with van der Waals surface area (Å²) in [4.78, 5) is 22.8. The van der Waals surface area contributed by atoms with Gasteiger partial charge in [0.1, 0.15) is 6.04 Å². The van der Waals surface area contributed by atoms with Crippen LogP contribution in [0.2, 0.25) is 0 Å². The first kappa shape index (κ1) is 18.6. The third-order valence-electron chi connectivity index (χ3n) is 3.37. The summed E-state index contributed by atoms with van der Waals surface area (Å²) in [7, 11) is 3.13. The summed E-state index contributed by atoms with van der Waals surface area (Å²) in [6.45, 7) is 3.86. The number of carbonyl (C=O) groups is 2. The Labute approximate surface area is 136 Å². The molecule has 1 unspecified atom stereocenters. The maximum absolute atomic E-state index is 11.7. The van der Waals surface area contributed by atoms with Crippen molar-refractivity contribution >= 4 is 12.0 Å². The first-order valence-corrected chi connectivity index (χ1v) is 7.37. The molecule has 0 aliphatic carbocycles. The van der Waals surface area contributed by atoms with Gasteiger partial charge in [-0.25, -0.2) is 9.59 Å². The second-order valence-electron chi connectivity index (χ2n) is 5.40. The van der Waals surface area contributed by atoms with Crippen molar-refractivity contribution < 1.29 is 24.2 Å². The number of ether oxygens (including phenoxy) is 2. The summed E-state index contributed by atoms with van der Waals surface area (Å²) < 4.78 is 10.4.